The van der Waals surface area contributed by atoms with Gasteiger partial charge in [0.2, 0.25) is 11.8 Å². The van der Waals surface area contributed by atoms with Crippen LogP contribution in [0.1, 0.15) is 12.0 Å². The van der Waals surface area contributed by atoms with Gasteiger partial charge in [-0.25, -0.2) is 5.43 Å². The van der Waals surface area contributed by atoms with Gasteiger partial charge in [0.05, 0.1) is 16.3 Å². The van der Waals surface area contributed by atoms with Crippen molar-refractivity contribution in [1.82, 2.24) is 5.43 Å². The maximum absolute atomic E-state index is 11.8. The van der Waals surface area contributed by atoms with Crippen LogP contribution in [-0.2, 0) is 9.59 Å². The monoisotopic (exact) mass is 383 g/mol. The second kappa shape index (κ2) is 8.68. The first-order chi connectivity index (χ1) is 11.4. The fourth-order valence-electron chi connectivity index (χ4n) is 1.69. The van der Waals surface area contributed by atoms with E-state index in [0.717, 1.165) is 5.56 Å². The van der Waals surface area contributed by atoms with Gasteiger partial charge < -0.3 is 5.32 Å². The van der Waals surface area contributed by atoms with Gasteiger partial charge in [0.15, 0.2) is 0 Å². The van der Waals surface area contributed by atoms with E-state index in [9.17, 15) is 9.59 Å². The van der Waals surface area contributed by atoms with Crippen molar-refractivity contribution in [3.05, 3.63) is 63.1 Å². The summed E-state index contributed by atoms with van der Waals surface area (Å²) in [5.41, 5.74) is 3.49. The molecule has 0 aliphatic carbocycles. The highest BCUT2D eigenvalue weighted by Gasteiger charge is 2.09. The van der Waals surface area contributed by atoms with E-state index in [1.54, 1.807) is 36.4 Å². The van der Waals surface area contributed by atoms with Crippen molar-refractivity contribution in [1.29, 1.82) is 0 Å². The standard InChI is InChI=1S/C16H12Cl3N3O2/c17-11-3-1-10(2-4-11)9-20-22-16(24)8-15(23)21-12-5-6-13(18)14(19)7-12/h1-7,9H,8H2,(H,21,23)(H,22,24)/b20-9-. The smallest absolute Gasteiger partial charge is 0.249 e. The number of hydrogen-bond donors (Lipinski definition) is 2. The zero-order valence-electron chi connectivity index (χ0n) is 12.2. The summed E-state index contributed by atoms with van der Waals surface area (Å²) in [6, 6.07) is 11.5. The molecule has 0 aliphatic rings. The summed E-state index contributed by atoms with van der Waals surface area (Å²) in [6.07, 6.45) is 1.07. The molecule has 2 amide bonds. The maximum Gasteiger partial charge on any atom is 0.249 e. The number of nitrogens with zero attached hydrogens (tertiary/aromatic N) is 1. The Morgan fingerprint density at radius 3 is 2.33 bits per heavy atom. The number of hydrazone groups is 1. The van der Waals surface area contributed by atoms with Crippen molar-refractivity contribution in [2.45, 2.75) is 6.42 Å². The molecule has 2 aromatic rings. The van der Waals surface area contributed by atoms with E-state index in [1.807, 2.05) is 0 Å². The normalized spacial score (nSPS) is 10.6. The quantitative estimate of drug-likeness (QED) is 0.462. The Kier molecular flexibility index (Phi) is 6.61. The molecule has 2 aromatic carbocycles. The average Bonchev–Trinajstić information content (AvgIpc) is 2.53. The Labute approximate surface area is 153 Å². The summed E-state index contributed by atoms with van der Waals surface area (Å²) in [4.78, 5) is 23.4. The molecule has 5 nitrogen and oxygen atoms in total. The van der Waals surface area contributed by atoms with E-state index in [4.69, 9.17) is 34.8 Å². The second-order valence-electron chi connectivity index (χ2n) is 4.70. The van der Waals surface area contributed by atoms with Crippen LogP contribution in [0.5, 0.6) is 0 Å². The second-order valence-corrected chi connectivity index (χ2v) is 5.95. The van der Waals surface area contributed by atoms with Crippen molar-refractivity contribution >= 4 is 58.5 Å². The first kappa shape index (κ1) is 18.3. The highest BCUT2D eigenvalue weighted by molar-refractivity contribution is 6.42. The molecule has 0 spiro atoms. The average molecular weight is 385 g/mol. The topological polar surface area (TPSA) is 70.6 Å². The molecule has 0 fully saturated rings. The van der Waals surface area contributed by atoms with E-state index in [1.165, 1.54) is 12.3 Å². The molecule has 0 heterocycles. The van der Waals surface area contributed by atoms with Gasteiger partial charge in [0, 0.05) is 10.7 Å². The van der Waals surface area contributed by atoms with Crippen LogP contribution in [0.25, 0.3) is 0 Å². The number of benzene rings is 2. The lowest BCUT2D eigenvalue weighted by Crippen LogP contribution is -2.24. The number of carbonyl (C=O) groups is 2. The predicted molar refractivity (Wildman–Crippen MR) is 96.9 cm³/mol. The van der Waals surface area contributed by atoms with Crippen LogP contribution in [0, 0.1) is 0 Å². The number of anilines is 1. The third-order valence-corrected chi connectivity index (χ3v) is 3.79. The molecular formula is C16H12Cl3N3O2. The highest BCUT2D eigenvalue weighted by atomic mass is 35.5. The van der Waals surface area contributed by atoms with E-state index in [0.29, 0.717) is 20.8 Å². The molecule has 0 bridgehead atoms. The van der Waals surface area contributed by atoms with Crippen LogP contribution in [0.15, 0.2) is 47.6 Å². The molecule has 0 aliphatic heterocycles. The summed E-state index contributed by atoms with van der Waals surface area (Å²) in [5, 5.41) is 7.61. The molecule has 2 rings (SSSR count). The van der Waals surface area contributed by atoms with Crippen molar-refractivity contribution < 1.29 is 9.59 Å². The van der Waals surface area contributed by atoms with Gasteiger partial charge in [-0.15, -0.1) is 0 Å². The van der Waals surface area contributed by atoms with E-state index < -0.39 is 11.8 Å². The Morgan fingerprint density at radius 2 is 1.67 bits per heavy atom. The number of nitrogens with one attached hydrogen (secondary N) is 2. The Hall–Kier alpha value is -2.08. The molecule has 0 saturated heterocycles. The summed E-state index contributed by atoms with van der Waals surface area (Å²) < 4.78 is 0. The van der Waals surface area contributed by atoms with Gasteiger partial charge in [-0.1, -0.05) is 46.9 Å². The molecule has 124 valence electrons. The van der Waals surface area contributed by atoms with Crippen LogP contribution in [0.2, 0.25) is 15.1 Å². The van der Waals surface area contributed by atoms with Gasteiger partial charge in [0.25, 0.3) is 0 Å². The van der Waals surface area contributed by atoms with Crippen LogP contribution in [-0.4, -0.2) is 18.0 Å². The molecule has 0 radical (unpaired) electrons. The SMILES string of the molecule is O=C(CC(=O)Nc1ccc(Cl)c(Cl)c1)N/N=C\c1ccc(Cl)cc1. The van der Waals surface area contributed by atoms with Crippen molar-refractivity contribution in [2.24, 2.45) is 5.10 Å². The largest absolute Gasteiger partial charge is 0.326 e. The van der Waals surface area contributed by atoms with Crippen molar-refractivity contribution in [3.8, 4) is 0 Å². The minimum atomic E-state index is -0.544. The third-order valence-electron chi connectivity index (χ3n) is 2.80. The number of amides is 2. The lowest BCUT2D eigenvalue weighted by atomic mass is 10.2. The highest BCUT2D eigenvalue weighted by Crippen LogP contribution is 2.24. The Morgan fingerprint density at radius 1 is 0.958 bits per heavy atom. The molecule has 0 unspecified atom stereocenters. The van der Waals surface area contributed by atoms with Gasteiger partial charge >= 0.3 is 0 Å². The third kappa shape index (κ3) is 5.85. The molecule has 0 saturated carbocycles. The van der Waals surface area contributed by atoms with Crippen LogP contribution < -0.4 is 10.7 Å². The lowest BCUT2D eigenvalue weighted by Gasteiger charge is -2.05. The van der Waals surface area contributed by atoms with Gasteiger partial charge in [-0.3, -0.25) is 9.59 Å². The van der Waals surface area contributed by atoms with Crippen molar-refractivity contribution in [3.63, 3.8) is 0 Å². The maximum atomic E-state index is 11.8. The van der Waals surface area contributed by atoms with Gasteiger partial charge in [-0.05, 0) is 35.9 Å². The molecule has 0 atom stereocenters. The van der Waals surface area contributed by atoms with Crippen LogP contribution >= 0.6 is 34.8 Å². The Bertz CT molecular complexity index is 777. The van der Waals surface area contributed by atoms with Crippen LogP contribution in [0.4, 0.5) is 5.69 Å². The van der Waals surface area contributed by atoms with E-state index in [2.05, 4.69) is 15.8 Å². The summed E-state index contributed by atoms with van der Waals surface area (Å²) in [5.74, 6) is -1.04. The fraction of sp³-hybridized carbons (Fsp3) is 0.0625. The number of rotatable bonds is 5. The Balaban J connectivity index is 1.81. The number of halogens is 3. The first-order valence-electron chi connectivity index (χ1n) is 6.76. The predicted octanol–water partition coefficient (Wildman–Crippen LogP) is 4.13. The zero-order chi connectivity index (χ0) is 17.5. The first-order valence-corrected chi connectivity index (χ1v) is 7.90. The molecule has 8 heteroatoms. The zero-order valence-corrected chi connectivity index (χ0v) is 14.5. The summed E-state index contributed by atoms with van der Waals surface area (Å²) in [7, 11) is 0. The molecule has 24 heavy (non-hydrogen) atoms. The molecule has 0 aromatic heterocycles. The number of carbonyl (C=O) groups excluding carboxylic acids is 2. The molecular weight excluding hydrogens is 373 g/mol. The van der Waals surface area contributed by atoms with Crippen molar-refractivity contribution in [2.75, 3.05) is 5.32 Å². The van der Waals surface area contributed by atoms with Gasteiger partial charge in [-0.2, -0.15) is 5.10 Å². The lowest BCUT2D eigenvalue weighted by molar-refractivity contribution is -0.126. The summed E-state index contributed by atoms with van der Waals surface area (Å²) >= 11 is 17.4. The minimum absolute atomic E-state index is 0.312. The minimum Gasteiger partial charge on any atom is -0.326 e. The summed E-state index contributed by atoms with van der Waals surface area (Å²) in [6.45, 7) is 0. The van der Waals surface area contributed by atoms with Crippen LogP contribution in [0.3, 0.4) is 0 Å². The fourth-order valence-corrected chi connectivity index (χ4v) is 2.12. The van der Waals surface area contributed by atoms with E-state index >= 15 is 0 Å². The number of hydrogen-bond acceptors (Lipinski definition) is 3. The molecule has 2 N–H and O–H groups in total. The van der Waals surface area contributed by atoms with Gasteiger partial charge in [0.1, 0.15) is 6.42 Å². The van der Waals surface area contributed by atoms with E-state index in [-0.39, 0.29) is 6.42 Å².